The van der Waals surface area contributed by atoms with Crippen LogP contribution in [0.25, 0.3) is 0 Å². The van der Waals surface area contributed by atoms with Gasteiger partial charge in [0.1, 0.15) is 11.6 Å². The highest BCUT2D eigenvalue weighted by molar-refractivity contribution is 7.56. The molecule has 1 aliphatic rings. The summed E-state index contributed by atoms with van der Waals surface area (Å²) in [7, 11) is -3.89. The van der Waals surface area contributed by atoms with Crippen molar-refractivity contribution in [3.05, 3.63) is 88.2 Å². The van der Waals surface area contributed by atoms with Crippen LogP contribution in [-0.4, -0.2) is 0 Å². The van der Waals surface area contributed by atoms with E-state index in [9.17, 15) is 8.96 Å². The Morgan fingerprint density at radius 3 is 2.52 bits per heavy atom. The van der Waals surface area contributed by atoms with Crippen LogP contribution in [0.4, 0.5) is 10.1 Å². The maximum Gasteiger partial charge on any atom is 0.544 e. The molecule has 4 rings (SSSR count). The molecule has 3 aromatic rings. The molecule has 27 heavy (non-hydrogen) atoms. The molecule has 0 saturated carbocycles. The largest absolute Gasteiger partial charge is 0.544 e. The number of halogens is 3. The van der Waals surface area contributed by atoms with Gasteiger partial charge in [0, 0.05) is 5.56 Å². The SMILES string of the molecule is O=P1(Oc2ccccc2Cl)Oc2ccccc2CN1c1ccc(F)c(Cl)c1. The first-order valence-electron chi connectivity index (χ1n) is 8.01. The molecule has 138 valence electrons. The minimum atomic E-state index is -3.89. The third-order valence-electron chi connectivity index (χ3n) is 4.05. The fraction of sp³-hybridized carbons (Fsp3) is 0.0526. The molecule has 1 aliphatic heterocycles. The molecule has 8 heteroatoms. The summed E-state index contributed by atoms with van der Waals surface area (Å²) < 4.78 is 40.3. The van der Waals surface area contributed by atoms with E-state index in [1.54, 1.807) is 36.4 Å². The van der Waals surface area contributed by atoms with Gasteiger partial charge in [0.25, 0.3) is 0 Å². The van der Waals surface area contributed by atoms with Crippen molar-refractivity contribution in [3.63, 3.8) is 0 Å². The van der Waals surface area contributed by atoms with Crippen LogP contribution in [0.5, 0.6) is 11.5 Å². The lowest BCUT2D eigenvalue weighted by atomic mass is 10.2. The molecular formula is C19H13Cl2FNO3P. The Kier molecular flexibility index (Phi) is 4.77. The average Bonchev–Trinajstić information content (AvgIpc) is 2.65. The Bertz CT molecular complexity index is 1060. The molecule has 3 aromatic carbocycles. The van der Waals surface area contributed by atoms with Crippen LogP contribution in [0, 0.1) is 5.82 Å². The Morgan fingerprint density at radius 2 is 1.74 bits per heavy atom. The molecule has 0 saturated heterocycles. The maximum atomic E-state index is 13.7. The highest BCUT2D eigenvalue weighted by Gasteiger charge is 2.42. The van der Waals surface area contributed by atoms with Crippen molar-refractivity contribution >= 4 is 36.6 Å². The molecule has 0 bridgehead atoms. The second-order valence-corrected chi connectivity index (χ2v) is 8.44. The summed E-state index contributed by atoms with van der Waals surface area (Å²) in [5.41, 5.74) is 1.22. The fourth-order valence-electron chi connectivity index (χ4n) is 2.73. The Labute approximate surface area is 165 Å². The zero-order valence-corrected chi connectivity index (χ0v) is 16.2. The summed E-state index contributed by atoms with van der Waals surface area (Å²) in [6.07, 6.45) is 0. The summed E-state index contributed by atoms with van der Waals surface area (Å²) in [4.78, 5) is 0. The van der Waals surface area contributed by atoms with Gasteiger partial charge in [0.15, 0.2) is 5.75 Å². The predicted molar refractivity (Wildman–Crippen MR) is 104 cm³/mol. The lowest BCUT2D eigenvalue weighted by molar-refractivity contribution is 0.370. The number of hydrogen-bond donors (Lipinski definition) is 0. The average molecular weight is 424 g/mol. The van der Waals surface area contributed by atoms with E-state index >= 15 is 0 Å². The normalized spacial score (nSPS) is 18.6. The van der Waals surface area contributed by atoms with Crippen molar-refractivity contribution in [2.75, 3.05) is 4.67 Å². The van der Waals surface area contributed by atoms with Gasteiger partial charge in [-0.25, -0.2) is 8.96 Å². The highest BCUT2D eigenvalue weighted by Crippen LogP contribution is 2.58. The fourth-order valence-corrected chi connectivity index (χ4v) is 4.94. The van der Waals surface area contributed by atoms with E-state index in [1.165, 1.54) is 22.9 Å². The second-order valence-electron chi connectivity index (χ2n) is 5.85. The number of benzene rings is 3. The third kappa shape index (κ3) is 3.51. The minimum absolute atomic E-state index is 0.0874. The quantitative estimate of drug-likeness (QED) is 0.438. The lowest BCUT2D eigenvalue weighted by Gasteiger charge is -2.36. The van der Waals surface area contributed by atoms with Crippen LogP contribution < -0.4 is 13.7 Å². The van der Waals surface area contributed by atoms with Gasteiger partial charge in [-0.2, -0.15) is 0 Å². The van der Waals surface area contributed by atoms with E-state index < -0.39 is 13.6 Å². The molecule has 1 atom stereocenters. The smallest absolute Gasteiger partial charge is 0.400 e. The molecule has 0 aliphatic carbocycles. The molecule has 4 nitrogen and oxygen atoms in total. The molecule has 1 heterocycles. The monoisotopic (exact) mass is 423 g/mol. The molecule has 0 fully saturated rings. The highest BCUT2D eigenvalue weighted by atomic mass is 35.5. The first-order chi connectivity index (χ1) is 13.0. The Morgan fingerprint density at radius 1 is 1.00 bits per heavy atom. The van der Waals surface area contributed by atoms with Gasteiger partial charge < -0.3 is 9.05 Å². The first kappa shape index (κ1) is 18.2. The summed E-state index contributed by atoms with van der Waals surface area (Å²) in [5, 5.41) is 0.211. The minimum Gasteiger partial charge on any atom is -0.400 e. The summed E-state index contributed by atoms with van der Waals surface area (Å²) in [6, 6.07) is 17.9. The van der Waals surface area contributed by atoms with E-state index in [-0.39, 0.29) is 17.3 Å². The second kappa shape index (κ2) is 7.08. The van der Waals surface area contributed by atoms with Gasteiger partial charge in [0.2, 0.25) is 0 Å². The van der Waals surface area contributed by atoms with Crippen molar-refractivity contribution < 1.29 is 18.0 Å². The number of fused-ring (bicyclic) bond motifs is 1. The molecule has 0 spiro atoms. The van der Waals surface area contributed by atoms with Gasteiger partial charge in [0.05, 0.1) is 22.3 Å². The zero-order valence-electron chi connectivity index (χ0n) is 13.8. The van der Waals surface area contributed by atoms with Gasteiger partial charge >= 0.3 is 7.75 Å². The lowest BCUT2D eigenvalue weighted by Crippen LogP contribution is -2.29. The van der Waals surface area contributed by atoms with Crippen molar-refractivity contribution in [1.29, 1.82) is 0 Å². The van der Waals surface area contributed by atoms with Gasteiger partial charge in [-0.15, -0.1) is 0 Å². The number of nitrogens with zero attached hydrogens (tertiary/aromatic N) is 1. The predicted octanol–water partition coefficient (Wildman–Crippen LogP) is 6.72. The van der Waals surface area contributed by atoms with Gasteiger partial charge in [-0.3, -0.25) is 4.67 Å². The molecule has 0 N–H and O–H groups in total. The van der Waals surface area contributed by atoms with Crippen molar-refractivity contribution in [2.45, 2.75) is 6.54 Å². The molecule has 0 amide bonds. The topological polar surface area (TPSA) is 38.8 Å². The number of hydrogen-bond acceptors (Lipinski definition) is 3. The molecule has 1 unspecified atom stereocenters. The summed E-state index contributed by atoms with van der Waals surface area (Å²) in [6.45, 7) is 0.236. The Hall–Kier alpha value is -2.20. The zero-order chi connectivity index (χ0) is 19.0. The standard InChI is InChI=1S/C19H13Cl2FNO3P/c20-15-6-2-4-8-19(15)26-27(24)23(14-9-10-17(22)16(21)11-14)12-13-5-1-3-7-18(13)25-27/h1-11H,12H2. The number of anilines is 1. The van der Waals surface area contributed by atoms with Crippen LogP contribution >= 0.6 is 30.9 Å². The van der Waals surface area contributed by atoms with Crippen molar-refractivity contribution in [3.8, 4) is 11.5 Å². The van der Waals surface area contributed by atoms with E-state index in [0.29, 0.717) is 16.5 Å². The molecular weight excluding hydrogens is 411 g/mol. The maximum absolute atomic E-state index is 13.7. The summed E-state index contributed by atoms with van der Waals surface area (Å²) in [5.74, 6) is 0.109. The molecule has 0 aromatic heterocycles. The number of rotatable bonds is 3. The van der Waals surface area contributed by atoms with Crippen LogP contribution in [0.2, 0.25) is 10.0 Å². The van der Waals surface area contributed by atoms with Crippen LogP contribution in [-0.2, 0) is 11.1 Å². The van der Waals surface area contributed by atoms with Crippen LogP contribution in [0.3, 0.4) is 0 Å². The summed E-state index contributed by atoms with van der Waals surface area (Å²) >= 11 is 12.1. The molecule has 0 radical (unpaired) electrons. The van der Waals surface area contributed by atoms with E-state index in [4.69, 9.17) is 32.2 Å². The van der Waals surface area contributed by atoms with E-state index in [2.05, 4.69) is 0 Å². The third-order valence-corrected chi connectivity index (χ3v) is 6.47. The van der Waals surface area contributed by atoms with Gasteiger partial charge in [-0.05, 0) is 36.4 Å². The van der Waals surface area contributed by atoms with Crippen molar-refractivity contribution in [1.82, 2.24) is 0 Å². The van der Waals surface area contributed by atoms with Crippen molar-refractivity contribution in [2.24, 2.45) is 0 Å². The van der Waals surface area contributed by atoms with Gasteiger partial charge in [-0.1, -0.05) is 53.5 Å². The number of para-hydroxylation sites is 2. The van der Waals surface area contributed by atoms with Crippen LogP contribution in [0.15, 0.2) is 66.7 Å². The van der Waals surface area contributed by atoms with E-state index in [0.717, 1.165) is 5.56 Å². The first-order valence-corrected chi connectivity index (χ1v) is 10.3. The Balaban J connectivity index is 1.81. The van der Waals surface area contributed by atoms with Crippen LogP contribution in [0.1, 0.15) is 5.56 Å². The van der Waals surface area contributed by atoms with E-state index in [1.807, 2.05) is 12.1 Å².